The number of aromatic nitrogens is 1. The molecule has 0 fully saturated rings. The molecule has 0 unspecified atom stereocenters. The van der Waals surface area contributed by atoms with E-state index in [9.17, 15) is 4.79 Å². The van der Waals surface area contributed by atoms with Gasteiger partial charge in [-0.15, -0.1) is 0 Å². The monoisotopic (exact) mass is 371 g/mol. The van der Waals surface area contributed by atoms with Gasteiger partial charge < -0.3 is 14.3 Å². The molecule has 1 N–H and O–H groups in total. The summed E-state index contributed by atoms with van der Waals surface area (Å²) in [5.41, 5.74) is 3.47. The molecule has 1 heterocycles. The van der Waals surface area contributed by atoms with Crippen LogP contribution in [0.5, 0.6) is 5.75 Å². The number of rotatable bonds is 6. The molecule has 5 nitrogen and oxygen atoms in total. The number of carbonyl (C=O) groups is 1. The van der Waals surface area contributed by atoms with Crippen molar-refractivity contribution in [2.45, 2.75) is 0 Å². The highest BCUT2D eigenvalue weighted by Crippen LogP contribution is 2.36. The van der Waals surface area contributed by atoms with Gasteiger partial charge in [0, 0.05) is 16.7 Å². The van der Waals surface area contributed by atoms with Gasteiger partial charge in [0.05, 0.1) is 0 Å². The molecule has 0 saturated carbocycles. The Labute approximate surface area is 161 Å². The third-order valence-electron chi connectivity index (χ3n) is 4.17. The van der Waals surface area contributed by atoms with Gasteiger partial charge in [0.25, 0.3) is 0 Å². The molecule has 0 bridgehead atoms. The van der Waals surface area contributed by atoms with E-state index in [-0.39, 0.29) is 6.61 Å². The lowest BCUT2D eigenvalue weighted by Gasteiger charge is -2.03. The van der Waals surface area contributed by atoms with E-state index in [0.717, 1.165) is 22.4 Å². The largest absolute Gasteiger partial charge is 0.482 e. The fourth-order valence-corrected chi connectivity index (χ4v) is 2.86. The number of nitrogens with zero attached hydrogens (tertiary/aromatic N) is 1. The van der Waals surface area contributed by atoms with Crippen LogP contribution in [0.4, 0.5) is 0 Å². The second kappa shape index (κ2) is 7.80. The zero-order chi connectivity index (χ0) is 19.3. The van der Waals surface area contributed by atoms with Crippen molar-refractivity contribution in [3.63, 3.8) is 0 Å². The zero-order valence-electron chi connectivity index (χ0n) is 14.9. The summed E-state index contributed by atoms with van der Waals surface area (Å²) in [4.78, 5) is 15.4. The van der Waals surface area contributed by atoms with Crippen LogP contribution >= 0.6 is 0 Å². The first-order valence-corrected chi connectivity index (χ1v) is 8.77. The molecule has 138 valence electrons. The second-order valence-corrected chi connectivity index (χ2v) is 6.14. The minimum absolute atomic E-state index is 0.380. The molecular weight excluding hydrogens is 354 g/mol. The van der Waals surface area contributed by atoms with Crippen LogP contribution in [-0.4, -0.2) is 22.7 Å². The summed E-state index contributed by atoms with van der Waals surface area (Å²) < 4.78 is 11.3. The van der Waals surface area contributed by atoms with E-state index >= 15 is 0 Å². The van der Waals surface area contributed by atoms with E-state index < -0.39 is 5.97 Å². The molecule has 0 spiro atoms. The maximum atomic E-state index is 10.6. The SMILES string of the molecule is O=C(O)COc1ccc(-c2nc(-c3ccccc3)c(-c3ccccc3)o2)cc1. The van der Waals surface area contributed by atoms with Crippen LogP contribution in [0.1, 0.15) is 0 Å². The van der Waals surface area contributed by atoms with E-state index in [1.165, 1.54) is 0 Å². The number of benzene rings is 3. The Bertz CT molecular complexity index is 1010. The van der Waals surface area contributed by atoms with E-state index in [2.05, 4.69) is 0 Å². The van der Waals surface area contributed by atoms with Gasteiger partial charge >= 0.3 is 5.97 Å². The number of hydrogen-bond donors (Lipinski definition) is 1. The van der Waals surface area contributed by atoms with Crippen molar-refractivity contribution in [3.8, 4) is 39.8 Å². The Morgan fingerprint density at radius 2 is 1.43 bits per heavy atom. The Kier molecular flexibility index (Phi) is 4.89. The summed E-state index contributed by atoms with van der Waals surface area (Å²) in [6.45, 7) is -0.380. The highest BCUT2D eigenvalue weighted by molar-refractivity contribution is 5.79. The first-order chi connectivity index (χ1) is 13.7. The summed E-state index contributed by atoms with van der Waals surface area (Å²) in [5.74, 6) is 0.650. The Morgan fingerprint density at radius 3 is 2.04 bits per heavy atom. The van der Waals surface area contributed by atoms with Gasteiger partial charge in [-0.25, -0.2) is 9.78 Å². The van der Waals surface area contributed by atoms with E-state index in [4.69, 9.17) is 19.2 Å². The predicted molar refractivity (Wildman–Crippen MR) is 106 cm³/mol. The number of hydrogen-bond acceptors (Lipinski definition) is 4. The molecule has 0 aliphatic rings. The lowest BCUT2D eigenvalue weighted by molar-refractivity contribution is -0.139. The minimum Gasteiger partial charge on any atom is -0.482 e. The highest BCUT2D eigenvalue weighted by Gasteiger charge is 2.17. The van der Waals surface area contributed by atoms with E-state index in [0.29, 0.717) is 17.4 Å². The van der Waals surface area contributed by atoms with Crippen molar-refractivity contribution in [2.24, 2.45) is 0 Å². The standard InChI is InChI=1S/C23H17NO4/c25-20(26)15-27-19-13-11-18(12-14-19)23-24-21(16-7-3-1-4-8-16)22(28-23)17-9-5-2-6-10-17/h1-14H,15H2,(H,25,26). The van der Waals surface area contributed by atoms with Crippen LogP contribution in [0.15, 0.2) is 89.3 Å². The zero-order valence-corrected chi connectivity index (χ0v) is 14.9. The van der Waals surface area contributed by atoms with Gasteiger partial charge in [0.2, 0.25) is 5.89 Å². The summed E-state index contributed by atoms with van der Waals surface area (Å²) >= 11 is 0. The molecule has 3 aromatic carbocycles. The smallest absolute Gasteiger partial charge is 0.341 e. The summed E-state index contributed by atoms with van der Waals surface area (Å²) in [6.07, 6.45) is 0. The molecule has 28 heavy (non-hydrogen) atoms. The van der Waals surface area contributed by atoms with Gasteiger partial charge in [-0.05, 0) is 24.3 Å². The van der Waals surface area contributed by atoms with Crippen LogP contribution < -0.4 is 4.74 Å². The maximum absolute atomic E-state index is 10.6. The third-order valence-corrected chi connectivity index (χ3v) is 4.17. The minimum atomic E-state index is -1.02. The van der Waals surface area contributed by atoms with E-state index in [1.807, 2.05) is 60.7 Å². The fraction of sp³-hybridized carbons (Fsp3) is 0.0435. The topological polar surface area (TPSA) is 72.6 Å². The molecule has 0 aliphatic carbocycles. The van der Waals surface area contributed by atoms with Gasteiger partial charge in [0.1, 0.15) is 11.4 Å². The predicted octanol–water partition coefficient (Wildman–Crippen LogP) is 5.14. The van der Waals surface area contributed by atoms with Gasteiger partial charge in [0.15, 0.2) is 12.4 Å². The molecule has 5 heteroatoms. The van der Waals surface area contributed by atoms with Gasteiger partial charge in [-0.1, -0.05) is 60.7 Å². The molecule has 0 saturated heterocycles. The maximum Gasteiger partial charge on any atom is 0.341 e. The molecule has 0 atom stereocenters. The summed E-state index contributed by atoms with van der Waals surface area (Å²) in [7, 11) is 0. The second-order valence-electron chi connectivity index (χ2n) is 6.14. The quantitative estimate of drug-likeness (QED) is 0.508. The molecular formula is C23H17NO4. The Balaban J connectivity index is 1.72. The lowest BCUT2D eigenvalue weighted by atomic mass is 10.1. The average molecular weight is 371 g/mol. The van der Waals surface area contributed by atoms with E-state index in [1.54, 1.807) is 24.3 Å². The number of aliphatic carboxylic acids is 1. The van der Waals surface area contributed by atoms with Crippen LogP contribution in [0, 0.1) is 0 Å². The normalized spacial score (nSPS) is 10.6. The molecule has 0 radical (unpaired) electrons. The van der Waals surface area contributed by atoms with Gasteiger partial charge in [-0.3, -0.25) is 0 Å². The van der Waals surface area contributed by atoms with Crippen LogP contribution in [0.3, 0.4) is 0 Å². The number of oxazole rings is 1. The van der Waals surface area contributed by atoms with Crippen molar-refractivity contribution in [3.05, 3.63) is 84.9 Å². The van der Waals surface area contributed by atoms with Crippen LogP contribution in [-0.2, 0) is 4.79 Å². The molecule has 0 amide bonds. The molecule has 4 aromatic rings. The Morgan fingerprint density at radius 1 is 0.821 bits per heavy atom. The lowest BCUT2D eigenvalue weighted by Crippen LogP contribution is -2.09. The Hall–Kier alpha value is -3.86. The number of ether oxygens (including phenoxy) is 1. The molecule has 4 rings (SSSR count). The average Bonchev–Trinajstić information content (AvgIpc) is 3.19. The fourth-order valence-electron chi connectivity index (χ4n) is 2.86. The highest BCUT2D eigenvalue weighted by atomic mass is 16.5. The van der Waals surface area contributed by atoms with Crippen molar-refractivity contribution in [1.82, 2.24) is 4.98 Å². The molecule has 1 aromatic heterocycles. The van der Waals surface area contributed by atoms with Crippen molar-refractivity contribution < 1.29 is 19.1 Å². The van der Waals surface area contributed by atoms with Crippen molar-refractivity contribution in [2.75, 3.05) is 6.61 Å². The number of carboxylic acid groups (broad SMARTS) is 1. The first kappa shape index (κ1) is 17.5. The van der Waals surface area contributed by atoms with Crippen molar-refractivity contribution in [1.29, 1.82) is 0 Å². The van der Waals surface area contributed by atoms with Crippen molar-refractivity contribution >= 4 is 5.97 Å². The number of carboxylic acids is 1. The molecule has 0 aliphatic heterocycles. The summed E-state index contributed by atoms with van der Waals surface area (Å²) in [5, 5.41) is 8.71. The van der Waals surface area contributed by atoms with Gasteiger partial charge in [-0.2, -0.15) is 0 Å². The van der Waals surface area contributed by atoms with Crippen LogP contribution in [0.25, 0.3) is 34.0 Å². The first-order valence-electron chi connectivity index (χ1n) is 8.77. The van der Waals surface area contributed by atoms with Crippen LogP contribution in [0.2, 0.25) is 0 Å². The summed E-state index contributed by atoms with van der Waals surface area (Å²) in [6, 6.07) is 26.7. The third kappa shape index (κ3) is 3.78.